The van der Waals surface area contributed by atoms with E-state index in [0.29, 0.717) is 16.1 Å². The Morgan fingerprint density at radius 2 is 1.73 bits per heavy atom. The number of amides is 1. The predicted molar refractivity (Wildman–Crippen MR) is 101 cm³/mol. The fraction of sp³-hybridized carbons (Fsp3) is 0.190. The highest BCUT2D eigenvalue weighted by Gasteiger charge is 2.28. The van der Waals surface area contributed by atoms with Crippen molar-refractivity contribution in [2.75, 3.05) is 5.32 Å². The summed E-state index contributed by atoms with van der Waals surface area (Å²) in [5, 5.41) is 3.66. The van der Waals surface area contributed by atoms with E-state index in [0.717, 1.165) is 24.8 Å². The lowest BCUT2D eigenvalue weighted by molar-refractivity contribution is -0.684. The second kappa shape index (κ2) is 7.22. The molecule has 26 heavy (non-hydrogen) atoms. The van der Waals surface area contributed by atoms with Gasteiger partial charge in [-0.3, -0.25) is 9.59 Å². The molecule has 0 bridgehead atoms. The zero-order valence-corrected chi connectivity index (χ0v) is 15.1. The van der Waals surface area contributed by atoms with Crippen LogP contribution in [-0.2, 0) is 24.2 Å². The Labute approximate surface area is 156 Å². The number of nitrogens with zero attached hydrogens (tertiary/aromatic N) is 1. The van der Waals surface area contributed by atoms with Gasteiger partial charge >= 0.3 is 0 Å². The summed E-state index contributed by atoms with van der Waals surface area (Å²) in [5.74, 6) is -0.129. The lowest BCUT2D eigenvalue weighted by atomic mass is 10.0. The number of rotatable bonds is 5. The van der Waals surface area contributed by atoms with Crippen molar-refractivity contribution >= 4 is 28.0 Å². The van der Waals surface area contributed by atoms with Gasteiger partial charge < -0.3 is 5.32 Å². The molecular weight excluding hydrogens is 344 g/mol. The zero-order valence-electron chi connectivity index (χ0n) is 14.3. The number of aromatic nitrogens is 1. The van der Waals surface area contributed by atoms with Crippen molar-refractivity contribution < 1.29 is 14.2 Å². The second-order valence-electron chi connectivity index (χ2n) is 6.35. The van der Waals surface area contributed by atoms with Crippen LogP contribution in [-0.4, -0.2) is 11.7 Å². The van der Waals surface area contributed by atoms with Gasteiger partial charge in [-0.2, -0.15) is 4.57 Å². The molecule has 4 rings (SSSR count). The van der Waals surface area contributed by atoms with Gasteiger partial charge in [0.25, 0.3) is 5.91 Å². The summed E-state index contributed by atoms with van der Waals surface area (Å²) in [7, 11) is 0. The third-order valence-corrected chi connectivity index (χ3v) is 5.75. The molecule has 3 aromatic rings. The molecule has 2 heterocycles. The van der Waals surface area contributed by atoms with Crippen LogP contribution in [0.5, 0.6) is 0 Å². The summed E-state index contributed by atoms with van der Waals surface area (Å²) in [5.41, 5.74) is 2.46. The van der Waals surface area contributed by atoms with Crippen LogP contribution in [0, 0.1) is 0 Å². The largest absolute Gasteiger partial charge is 0.312 e. The van der Waals surface area contributed by atoms with Gasteiger partial charge in [0.05, 0.1) is 5.56 Å². The minimum absolute atomic E-state index is 0.00679. The van der Waals surface area contributed by atoms with Crippen LogP contribution in [0.3, 0.4) is 0 Å². The number of hydrogen-bond donors (Lipinski definition) is 1. The van der Waals surface area contributed by atoms with E-state index in [1.54, 1.807) is 11.3 Å². The average Bonchev–Trinajstić information content (AvgIpc) is 3.23. The monoisotopic (exact) mass is 363 g/mol. The number of carbonyl (C=O) groups excluding carboxylic acids is 2. The molecule has 1 N–H and O–H groups in total. The Morgan fingerprint density at radius 1 is 1.00 bits per heavy atom. The molecule has 1 amide bonds. The zero-order chi connectivity index (χ0) is 17.9. The Morgan fingerprint density at radius 3 is 2.50 bits per heavy atom. The van der Waals surface area contributed by atoms with E-state index >= 15 is 0 Å². The Kier molecular flexibility index (Phi) is 4.63. The molecule has 0 saturated heterocycles. The number of benzene rings is 1. The molecule has 0 radical (unpaired) electrons. The molecule has 0 spiro atoms. The van der Waals surface area contributed by atoms with Crippen molar-refractivity contribution in [3.05, 3.63) is 82.5 Å². The summed E-state index contributed by atoms with van der Waals surface area (Å²) in [6.07, 6.45) is 6.67. The molecule has 1 aliphatic rings. The maximum Gasteiger partial charge on any atom is 0.290 e. The second-order valence-corrected chi connectivity index (χ2v) is 7.46. The maximum atomic E-state index is 13.1. The number of fused-ring (bicyclic) bond motifs is 1. The highest BCUT2D eigenvalue weighted by molar-refractivity contribution is 7.17. The molecule has 0 aliphatic heterocycles. The van der Waals surface area contributed by atoms with E-state index in [-0.39, 0.29) is 18.2 Å². The van der Waals surface area contributed by atoms with E-state index < -0.39 is 0 Å². The standard InChI is InChI=1S/C21H18N2O2S/c24-18(14-23-12-5-2-6-13-23)22-21-19(16-10-7-11-17(16)26-21)20(25)15-8-3-1-4-9-15/h1-6,8-9,12-13H,7,10-11,14H2/p+1. The van der Waals surface area contributed by atoms with Crippen LogP contribution in [0.15, 0.2) is 60.9 Å². The smallest absolute Gasteiger partial charge is 0.290 e. The maximum absolute atomic E-state index is 13.1. The van der Waals surface area contributed by atoms with Crippen LogP contribution in [0.4, 0.5) is 5.00 Å². The highest BCUT2D eigenvalue weighted by atomic mass is 32.1. The van der Waals surface area contributed by atoms with Crippen LogP contribution < -0.4 is 9.88 Å². The summed E-state index contributed by atoms with van der Waals surface area (Å²) in [4.78, 5) is 26.8. The van der Waals surface area contributed by atoms with Gasteiger partial charge in [-0.05, 0) is 24.8 Å². The normalized spacial score (nSPS) is 12.6. The molecule has 2 aromatic heterocycles. The average molecular weight is 363 g/mol. The summed E-state index contributed by atoms with van der Waals surface area (Å²) in [6, 6.07) is 15.0. The summed E-state index contributed by atoms with van der Waals surface area (Å²) in [6.45, 7) is 0.225. The fourth-order valence-electron chi connectivity index (χ4n) is 3.34. The van der Waals surface area contributed by atoms with Crippen molar-refractivity contribution in [1.82, 2.24) is 0 Å². The van der Waals surface area contributed by atoms with Gasteiger partial charge in [-0.15, -0.1) is 11.3 Å². The molecule has 0 fully saturated rings. The van der Waals surface area contributed by atoms with E-state index in [9.17, 15) is 9.59 Å². The number of thiophene rings is 1. The quantitative estimate of drug-likeness (QED) is 0.558. The predicted octanol–water partition coefficient (Wildman–Crippen LogP) is 3.39. The van der Waals surface area contributed by atoms with Gasteiger partial charge in [0.15, 0.2) is 18.2 Å². The fourth-order valence-corrected chi connectivity index (χ4v) is 4.64. The molecule has 1 aromatic carbocycles. The number of aryl methyl sites for hydroxylation is 1. The van der Waals surface area contributed by atoms with Crippen LogP contribution in [0.1, 0.15) is 32.8 Å². The first-order chi connectivity index (χ1) is 12.7. The number of ketones is 1. The van der Waals surface area contributed by atoms with Gasteiger partial charge in [0.2, 0.25) is 6.54 Å². The first kappa shape index (κ1) is 16.7. The highest BCUT2D eigenvalue weighted by Crippen LogP contribution is 2.40. The third-order valence-electron chi connectivity index (χ3n) is 4.54. The van der Waals surface area contributed by atoms with Gasteiger partial charge in [-0.25, -0.2) is 0 Å². The Balaban J connectivity index is 1.62. The number of anilines is 1. The molecular formula is C21H19N2O2S+. The van der Waals surface area contributed by atoms with E-state index in [2.05, 4.69) is 5.32 Å². The van der Waals surface area contributed by atoms with Gasteiger partial charge in [-0.1, -0.05) is 36.4 Å². The molecule has 0 saturated carbocycles. The molecule has 0 atom stereocenters. The number of hydrogen-bond acceptors (Lipinski definition) is 3. The van der Waals surface area contributed by atoms with E-state index in [4.69, 9.17) is 0 Å². The van der Waals surface area contributed by atoms with Crippen LogP contribution >= 0.6 is 11.3 Å². The lowest BCUT2D eigenvalue weighted by Crippen LogP contribution is -2.39. The van der Waals surface area contributed by atoms with Crippen LogP contribution in [0.2, 0.25) is 0 Å². The minimum Gasteiger partial charge on any atom is -0.312 e. The van der Waals surface area contributed by atoms with E-state index in [1.165, 1.54) is 4.88 Å². The SMILES string of the molecule is O=C(C[n+]1ccccc1)Nc1sc2c(c1C(=O)c1ccccc1)CCC2. The topological polar surface area (TPSA) is 50.0 Å². The van der Waals surface area contributed by atoms with Gasteiger partial charge in [0.1, 0.15) is 5.00 Å². The molecule has 0 unspecified atom stereocenters. The van der Waals surface area contributed by atoms with Crippen molar-refractivity contribution in [1.29, 1.82) is 0 Å². The lowest BCUT2D eigenvalue weighted by Gasteiger charge is -2.07. The summed E-state index contributed by atoms with van der Waals surface area (Å²) >= 11 is 1.55. The molecule has 1 aliphatic carbocycles. The van der Waals surface area contributed by atoms with Crippen LogP contribution in [0.25, 0.3) is 0 Å². The molecule has 5 heteroatoms. The number of pyridine rings is 1. The third kappa shape index (κ3) is 3.30. The Bertz CT molecular complexity index is 949. The van der Waals surface area contributed by atoms with Crippen molar-refractivity contribution in [3.63, 3.8) is 0 Å². The number of nitrogens with one attached hydrogen (secondary N) is 1. The van der Waals surface area contributed by atoms with Crippen molar-refractivity contribution in [3.8, 4) is 0 Å². The summed E-state index contributed by atoms with van der Waals surface area (Å²) < 4.78 is 1.81. The first-order valence-corrected chi connectivity index (χ1v) is 9.52. The Hall–Kier alpha value is -2.79. The van der Waals surface area contributed by atoms with E-state index in [1.807, 2.05) is 65.5 Å². The molecule has 130 valence electrons. The first-order valence-electron chi connectivity index (χ1n) is 8.70. The van der Waals surface area contributed by atoms with Crippen molar-refractivity contribution in [2.45, 2.75) is 25.8 Å². The minimum atomic E-state index is -0.122. The molecule has 4 nitrogen and oxygen atoms in total. The number of carbonyl (C=O) groups is 2. The van der Waals surface area contributed by atoms with Crippen molar-refractivity contribution in [2.24, 2.45) is 0 Å². The van der Waals surface area contributed by atoms with Gasteiger partial charge in [0, 0.05) is 22.6 Å².